The monoisotopic (exact) mass is 181 g/mol. The fourth-order valence-electron chi connectivity index (χ4n) is 3.20. The fraction of sp³-hybridized carbons (Fsp3) is 1.00. The van der Waals surface area contributed by atoms with Crippen LogP contribution in [0.1, 0.15) is 46.0 Å². The van der Waals surface area contributed by atoms with Crippen molar-refractivity contribution in [3.8, 4) is 0 Å². The number of hydrogen-bond donors (Lipinski definition) is 0. The van der Waals surface area contributed by atoms with E-state index in [1.165, 1.54) is 45.2 Å². The lowest BCUT2D eigenvalue weighted by Gasteiger charge is -2.37. The van der Waals surface area contributed by atoms with E-state index >= 15 is 0 Å². The lowest BCUT2D eigenvalue weighted by atomic mass is 9.96. The molecule has 0 aromatic heterocycles. The molecule has 3 atom stereocenters. The smallest absolute Gasteiger partial charge is 0.0121 e. The van der Waals surface area contributed by atoms with Crippen LogP contribution in [0.15, 0.2) is 0 Å². The Kier molecular flexibility index (Phi) is 2.92. The van der Waals surface area contributed by atoms with Gasteiger partial charge in [-0.1, -0.05) is 20.3 Å². The number of piperidine rings is 1. The molecule has 1 saturated heterocycles. The number of rotatable bonds is 1. The maximum Gasteiger partial charge on any atom is 0.0121 e. The zero-order valence-electron chi connectivity index (χ0n) is 9.13. The molecule has 0 N–H and O–H groups in total. The summed E-state index contributed by atoms with van der Waals surface area (Å²) in [5.74, 6) is 1.91. The summed E-state index contributed by atoms with van der Waals surface area (Å²) >= 11 is 0. The predicted octanol–water partition coefficient (Wildman–Crippen LogP) is 2.91. The van der Waals surface area contributed by atoms with Crippen molar-refractivity contribution in [2.24, 2.45) is 11.8 Å². The summed E-state index contributed by atoms with van der Waals surface area (Å²) in [5, 5.41) is 0. The number of nitrogens with zero attached hydrogens (tertiary/aromatic N) is 1. The van der Waals surface area contributed by atoms with Crippen LogP contribution in [-0.2, 0) is 0 Å². The zero-order chi connectivity index (χ0) is 9.26. The first-order valence-electron chi connectivity index (χ1n) is 6.01. The van der Waals surface area contributed by atoms with E-state index in [1.54, 1.807) is 0 Å². The van der Waals surface area contributed by atoms with Crippen LogP contribution >= 0.6 is 0 Å². The molecule has 1 aliphatic heterocycles. The first-order valence-corrected chi connectivity index (χ1v) is 6.01. The quantitative estimate of drug-likeness (QED) is 0.601. The Labute approximate surface area is 82.5 Å². The summed E-state index contributed by atoms with van der Waals surface area (Å²) < 4.78 is 0. The SMILES string of the molecule is CC1CCCN(C2CCCC2C)C1. The van der Waals surface area contributed by atoms with Crippen molar-refractivity contribution in [1.29, 1.82) is 0 Å². The second-order valence-corrected chi connectivity index (χ2v) is 5.22. The summed E-state index contributed by atoms with van der Waals surface area (Å²) in [4.78, 5) is 2.77. The van der Waals surface area contributed by atoms with Crippen molar-refractivity contribution < 1.29 is 0 Å². The fourth-order valence-corrected chi connectivity index (χ4v) is 3.20. The van der Waals surface area contributed by atoms with Gasteiger partial charge in [0, 0.05) is 12.6 Å². The van der Waals surface area contributed by atoms with Gasteiger partial charge in [0.05, 0.1) is 0 Å². The molecule has 2 rings (SSSR count). The molecule has 1 heterocycles. The predicted molar refractivity (Wildman–Crippen MR) is 56.8 cm³/mol. The lowest BCUT2D eigenvalue weighted by Crippen LogP contribution is -2.43. The molecule has 0 aromatic rings. The minimum absolute atomic E-state index is 0.933. The third-order valence-corrected chi connectivity index (χ3v) is 3.97. The minimum Gasteiger partial charge on any atom is -0.300 e. The normalized spacial score (nSPS) is 42.5. The van der Waals surface area contributed by atoms with Crippen LogP contribution in [-0.4, -0.2) is 24.0 Å². The van der Waals surface area contributed by atoms with Gasteiger partial charge in [0.1, 0.15) is 0 Å². The van der Waals surface area contributed by atoms with E-state index in [4.69, 9.17) is 0 Å². The van der Waals surface area contributed by atoms with Crippen molar-refractivity contribution in [2.45, 2.75) is 52.0 Å². The van der Waals surface area contributed by atoms with Crippen LogP contribution in [0, 0.1) is 11.8 Å². The Bertz CT molecular complexity index is 167. The highest BCUT2D eigenvalue weighted by atomic mass is 15.2. The molecule has 0 radical (unpaired) electrons. The van der Waals surface area contributed by atoms with E-state index in [0.29, 0.717) is 0 Å². The second kappa shape index (κ2) is 4.00. The summed E-state index contributed by atoms with van der Waals surface area (Å²) in [6, 6.07) is 0.933. The molecule has 0 amide bonds. The lowest BCUT2D eigenvalue weighted by molar-refractivity contribution is 0.110. The van der Waals surface area contributed by atoms with Crippen molar-refractivity contribution >= 4 is 0 Å². The topological polar surface area (TPSA) is 3.24 Å². The van der Waals surface area contributed by atoms with Crippen LogP contribution in [0.25, 0.3) is 0 Å². The van der Waals surface area contributed by atoms with Crippen LogP contribution < -0.4 is 0 Å². The van der Waals surface area contributed by atoms with Gasteiger partial charge in [-0.3, -0.25) is 4.90 Å². The van der Waals surface area contributed by atoms with Crippen molar-refractivity contribution in [1.82, 2.24) is 4.90 Å². The van der Waals surface area contributed by atoms with E-state index < -0.39 is 0 Å². The summed E-state index contributed by atoms with van der Waals surface area (Å²) in [5.41, 5.74) is 0. The van der Waals surface area contributed by atoms with E-state index in [0.717, 1.165) is 17.9 Å². The number of hydrogen-bond acceptors (Lipinski definition) is 1. The Morgan fingerprint density at radius 3 is 2.46 bits per heavy atom. The van der Waals surface area contributed by atoms with Gasteiger partial charge in [-0.2, -0.15) is 0 Å². The zero-order valence-corrected chi connectivity index (χ0v) is 9.13. The molecule has 1 aliphatic carbocycles. The molecule has 1 nitrogen and oxygen atoms in total. The molecule has 0 spiro atoms. The van der Waals surface area contributed by atoms with E-state index in [2.05, 4.69) is 18.7 Å². The minimum atomic E-state index is 0.933. The Balaban J connectivity index is 1.91. The average molecular weight is 181 g/mol. The molecule has 0 aromatic carbocycles. The standard InChI is InChI=1S/C12H23N/c1-10-5-4-8-13(9-10)12-7-3-6-11(12)2/h10-12H,3-9H2,1-2H3. The summed E-state index contributed by atoms with van der Waals surface area (Å²) in [7, 11) is 0. The first-order chi connectivity index (χ1) is 6.27. The highest BCUT2D eigenvalue weighted by molar-refractivity contribution is 4.85. The van der Waals surface area contributed by atoms with Gasteiger partial charge in [0.15, 0.2) is 0 Å². The van der Waals surface area contributed by atoms with Gasteiger partial charge in [-0.15, -0.1) is 0 Å². The van der Waals surface area contributed by atoms with Gasteiger partial charge < -0.3 is 0 Å². The molecule has 1 heteroatoms. The molecular formula is C12H23N. The molecule has 2 aliphatic rings. The molecule has 1 saturated carbocycles. The van der Waals surface area contributed by atoms with Crippen LogP contribution in [0.4, 0.5) is 0 Å². The number of likely N-dealkylation sites (tertiary alicyclic amines) is 1. The molecule has 0 bridgehead atoms. The van der Waals surface area contributed by atoms with E-state index in [1.807, 2.05) is 0 Å². The third-order valence-electron chi connectivity index (χ3n) is 3.97. The maximum atomic E-state index is 2.77. The van der Waals surface area contributed by atoms with Gasteiger partial charge >= 0.3 is 0 Å². The third kappa shape index (κ3) is 2.07. The average Bonchev–Trinajstić information content (AvgIpc) is 2.51. The first kappa shape index (κ1) is 9.51. The van der Waals surface area contributed by atoms with Crippen molar-refractivity contribution in [3.63, 3.8) is 0 Å². The van der Waals surface area contributed by atoms with Crippen molar-refractivity contribution in [3.05, 3.63) is 0 Å². The van der Waals surface area contributed by atoms with E-state index in [9.17, 15) is 0 Å². The van der Waals surface area contributed by atoms with Gasteiger partial charge in [0.2, 0.25) is 0 Å². The maximum absolute atomic E-state index is 2.77. The summed E-state index contributed by atoms with van der Waals surface area (Å²) in [6.07, 6.45) is 7.29. The van der Waals surface area contributed by atoms with Crippen molar-refractivity contribution in [2.75, 3.05) is 13.1 Å². The molecular weight excluding hydrogens is 158 g/mol. The molecule has 2 fully saturated rings. The highest BCUT2D eigenvalue weighted by Gasteiger charge is 2.30. The molecule has 76 valence electrons. The Morgan fingerprint density at radius 2 is 1.85 bits per heavy atom. The Morgan fingerprint density at radius 1 is 1.00 bits per heavy atom. The van der Waals surface area contributed by atoms with E-state index in [-0.39, 0.29) is 0 Å². The Hall–Kier alpha value is -0.0400. The second-order valence-electron chi connectivity index (χ2n) is 5.22. The molecule has 13 heavy (non-hydrogen) atoms. The van der Waals surface area contributed by atoms with Gasteiger partial charge in [0.25, 0.3) is 0 Å². The van der Waals surface area contributed by atoms with Gasteiger partial charge in [-0.25, -0.2) is 0 Å². The van der Waals surface area contributed by atoms with Crippen LogP contribution in [0.5, 0.6) is 0 Å². The highest BCUT2D eigenvalue weighted by Crippen LogP contribution is 2.31. The molecule has 3 unspecified atom stereocenters. The van der Waals surface area contributed by atoms with Crippen LogP contribution in [0.3, 0.4) is 0 Å². The largest absolute Gasteiger partial charge is 0.300 e. The summed E-state index contributed by atoms with van der Waals surface area (Å²) in [6.45, 7) is 7.59. The van der Waals surface area contributed by atoms with Gasteiger partial charge in [-0.05, 0) is 44.1 Å². The van der Waals surface area contributed by atoms with Crippen LogP contribution in [0.2, 0.25) is 0 Å².